The summed E-state index contributed by atoms with van der Waals surface area (Å²) in [5.41, 5.74) is 0.983. The average molecular weight is 259 g/mol. The van der Waals surface area contributed by atoms with Gasteiger partial charge in [0.15, 0.2) is 0 Å². The Morgan fingerprint density at radius 3 is 2.47 bits per heavy atom. The fraction of sp³-hybridized carbons (Fsp3) is 0.733. The van der Waals surface area contributed by atoms with Crippen molar-refractivity contribution in [1.82, 2.24) is 15.3 Å². The second-order valence-electron chi connectivity index (χ2n) is 6.75. The predicted octanol–water partition coefficient (Wildman–Crippen LogP) is 2.10. The predicted molar refractivity (Wildman–Crippen MR) is 71.0 cm³/mol. The van der Waals surface area contributed by atoms with Crippen LogP contribution in [0.25, 0.3) is 0 Å². The van der Waals surface area contributed by atoms with E-state index in [-0.39, 0.29) is 11.8 Å². The third-order valence-corrected chi connectivity index (χ3v) is 5.54. The Kier molecular flexibility index (Phi) is 2.64. The second-order valence-corrected chi connectivity index (χ2v) is 6.75. The normalized spacial score (nSPS) is 39.5. The monoisotopic (exact) mass is 259 g/mol. The number of aromatic amines is 1. The molecule has 0 unspecified atom stereocenters. The van der Waals surface area contributed by atoms with E-state index in [1.54, 1.807) is 12.5 Å². The number of hydrogen-bond acceptors (Lipinski definition) is 2. The molecule has 4 aliphatic carbocycles. The number of hydrogen-bond donors (Lipinski definition) is 2. The van der Waals surface area contributed by atoms with Gasteiger partial charge in [0.25, 0.3) is 0 Å². The Hall–Kier alpha value is -1.32. The number of imidazole rings is 1. The molecular weight excluding hydrogens is 238 g/mol. The van der Waals surface area contributed by atoms with Gasteiger partial charge >= 0.3 is 0 Å². The van der Waals surface area contributed by atoms with Crippen LogP contribution in [0.4, 0.5) is 0 Å². The van der Waals surface area contributed by atoms with Gasteiger partial charge in [0.05, 0.1) is 18.6 Å². The summed E-state index contributed by atoms with van der Waals surface area (Å²) in [4.78, 5) is 19.5. The van der Waals surface area contributed by atoms with Crippen molar-refractivity contribution in [3.63, 3.8) is 0 Å². The summed E-state index contributed by atoms with van der Waals surface area (Å²) in [7, 11) is 0. The Morgan fingerprint density at radius 1 is 1.21 bits per heavy atom. The van der Waals surface area contributed by atoms with Crippen molar-refractivity contribution >= 4 is 5.91 Å². The van der Waals surface area contributed by atoms with Gasteiger partial charge in [-0.1, -0.05) is 0 Å². The van der Waals surface area contributed by atoms with Gasteiger partial charge in [-0.05, 0) is 55.8 Å². The first-order valence-corrected chi connectivity index (χ1v) is 7.54. The topological polar surface area (TPSA) is 57.8 Å². The third-order valence-electron chi connectivity index (χ3n) is 5.54. The van der Waals surface area contributed by atoms with Crippen LogP contribution in [-0.4, -0.2) is 15.9 Å². The Labute approximate surface area is 113 Å². The van der Waals surface area contributed by atoms with Crippen LogP contribution in [0.5, 0.6) is 0 Å². The minimum atomic E-state index is 0.281. The molecule has 1 aromatic heterocycles. The summed E-state index contributed by atoms with van der Waals surface area (Å²) < 4.78 is 0. The van der Waals surface area contributed by atoms with Gasteiger partial charge in [0.2, 0.25) is 5.91 Å². The molecule has 0 spiro atoms. The lowest BCUT2D eigenvalue weighted by Gasteiger charge is -2.53. The molecule has 4 bridgehead atoms. The Bertz CT molecular complexity index is 440. The first-order valence-electron chi connectivity index (χ1n) is 7.54. The van der Waals surface area contributed by atoms with E-state index in [1.807, 2.05) is 0 Å². The summed E-state index contributed by atoms with van der Waals surface area (Å²) in [5, 5.41) is 3.10. The number of nitrogens with zero attached hydrogens (tertiary/aromatic N) is 1. The van der Waals surface area contributed by atoms with Crippen molar-refractivity contribution in [3.8, 4) is 0 Å². The van der Waals surface area contributed by atoms with Gasteiger partial charge in [-0.25, -0.2) is 4.98 Å². The van der Waals surface area contributed by atoms with Crippen molar-refractivity contribution < 1.29 is 4.79 Å². The van der Waals surface area contributed by atoms with E-state index < -0.39 is 0 Å². The molecule has 0 radical (unpaired) electrons. The molecule has 1 aromatic rings. The zero-order valence-electron chi connectivity index (χ0n) is 11.1. The zero-order valence-corrected chi connectivity index (χ0v) is 11.1. The lowest BCUT2D eigenvalue weighted by Crippen LogP contribution is -2.50. The van der Waals surface area contributed by atoms with E-state index >= 15 is 0 Å². The first-order chi connectivity index (χ1) is 9.29. The van der Waals surface area contributed by atoms with E-state index in [9.17, 15) is 4.79 Å². The van der Waals surface area contributed by atoms with Crippen LogP contribution >= 0.6 is 0 Å². The standard InChI is InChI=1S/C15H21N3O/c19-15(17-7-13-6-16-8-18-13)14-11-2-9-1-10(4-11)5-12(14)3-9/h6,8-12,14H,1-5,7H2,(H,16,18)(H,17,19). The van der Waals surface area contributed by atoms with Gasteiger partial charge < -0.3 is 10.3 Å². The molecule has 0 atom stereocenters. The highest BCUT2D eigenvalue weighted by molar-refractivity contribution is 5.79. The van der Waals surface area contributed by atoms with Gasteiger partial charge in [0.1, 0.15) is 0 Å². The van der Waals surface area contributed by atoms with Gasteiger partial charge in [-0.15, -0.1) is 0 Å². The van der Waals surface area contributed by atoms with Gasteiger partial charge in [-0.3, -0.25) is 4.79 Å². The smallest absolute Gasteiger partial charge is 0.223 e. The highest BCUT2D eigenvalue weighted by atomic mass is 16.1. The Balaban J connectivity index is 1.43. The van der Waals surface area contributed by atoms with Crippen LogP contribution in [0.2, 0.25) is 0 Å². The molecular formula is C15H21N3O. The number of aromatic nitrogens is 2. The maximum absolute atomic E-state index is 12.5. The van der Waals surface area contributed by atoms with Crippen molar-refractivity contribution in [2.24, 2.45) is 29.6 Å². The highest BCUT2D eigenvalue weighted by Gasteiger charge is 2.50. The molecule has 5 rings (SSSR count). The van der Waals surface area contributed by atoms with Crippen LogP contribution < -0.4 is 5.32 Å². The quantitative estimate of drug-likeness (QED) is 0.873. The molecule has 0 saturated heterocycles. The van der Waals surface area contributed by atoms with Crippen LogP contribution in [0, 0.1) is 29.6 Å². The molecule has 4 aliphatic rings. The Morgan fingerprint density at radius 2 is 1.89 bits per heavy atom. The summed E-state index contributed by atoms with van der Waals surface area (Å²) in [6.45, 7) is 0.585. The highest BCUT2D eigenvalue weighted by Crippen LogP contribution is 2.56. The summed E-state index contributed by atoms with van der Waals surface area (Å²) >= 11 is 0. The largest absolute Gasteiger partial charge is 0.350 e. The van der Waals surface area contributed by atoms with Crippen LogP contribution in [0.1, 0.15) is 37.8 Å². The molecule has 0 aliphatic heterocycles. The van der Waals surface area contributed by atoms with E-state index in [0.29, 0.717) is 18.4 Å². The first kappa shape index (κ1) is 11.5. The SMILES string of the molecule is O=C(NCc1cnc[nH]1)C1C2CC3CC(C2)CC1C3. The van der Waals surface area contributed by atoms with E-state index in [0.717, 1.165) is 17.5 Å². The number of nitrogens with one attached hydrogen (secondary N) is 2. The third kappa shape index (κ3) is 1.97. The van der Waals surface area contributed by atoms with E-state index in [1.165, 1.54) is 32.1 Å². The van der Waals surface area contributed by atoms with E-state index in [2.05, 4.69) is 15.3 Å². The molecule has 102 valence electrons. The number of amides is 1. The summed E-state index contributed by atoms with van der Waals surface area (Å²) in [6, 6.07) is 0. The lowest BCUT2D eigenvalue weighted by atomic mass is 9.51. The van der Waals surface area contributed by atoms with Crippen molar-refractivity contribution in [1.29, 1.82) is 0 Å². The maximum atomic E-state index is 12.5. The molecule has 1 heterocycles. The van der Waals surface area contributed by atoms with Gasteiger partial charge in [0, 0.05) is 12.1 Å². The molecule has 2 N–H and O–H groups in total. The lowest BCUT2D eigenvalue weighted by molar-refractivity contribution is -0.138. The van der Waals surface area contributed by atoms with E-state index in [4.69, 9.17) is 0 Å². The fourth-order valence-corrected chi connectivity index (χ4v) is 5.03. The maximum Gasteiger partial charge on any atom is 0.223 e. The minimum Gasteiger partial charge on any atom is -0.350 e. The molecule has 4 nitrogen and oxygen atoms in total. The number of H-pyrrole nitrogens is 1. The second kappa shape index (κ2) is 4.36. The number of rotatable bonds is 3. The minimum absolute atomic E-state index is 0.281. The fourth-order valence-electron chi connectivity index (χ4n) is 5.03. The molecule has 0 aromatic carbocycles. The number of carbonyl (C=O) groups excluding carboxylic acids is 1. The number of carbonyl (C=O) groups is 1. The van der Waals surface area contributed by atoms with Gasteiger partial charge in [-0.2, -0.15) is 0 Å². The zero-order chi connectivity index (χ0) is 12.8. The summed E-state index contributed by atoms with van der Waals surface area (Å²) in [5.74, 6) is 3.76. The van der Waals surface area contributed by atoms with Crippen molar-refractivity contribution in [2.45, 2.75) is 38.6 Å². The molecule has 19 heavy (non-hydrogen) atoms. The van der Waals surface area contributed by atoms with Crippen molar-refractivity contribution in [2.75, 3.05) is 0 Å². The van der Waals surface area contributed by atoms with Crippen LogP contribution in [0.15, 0.2) is 12.5 Å². The van der Waals surface area contributed by atoms with Crippen molar-refractivity contribution in [3.05, 3.63) is 18.2 Å². The average Bonchev–Trinajstić information content (AvgIpc) is 2.88. The molecule has 4 fully saturated rings. The molecule has 1 amide bonds. The summed E-state index contributed by atoms with van der Waals surface area (Å²) in [6.07, 6.45) is 10.1. The molecule has 4 saturated carbocycles. The van der Waals surface area contributed by atoms with Crippen LogP contribution in [-0.2, 0) is 11.3 Å². The molecule has 4 heteroatoms. The van der Waals surface area contributed by atoms with Crippen LogP contribution in [0.3, 0.4) is 0 Å².